The van der Waals surface area contributed by atoms with Gasteiger partial charge in [0.2, 0.25) is 5.91 Å². The Bertz CT molecular complexity index is 995. The summed E-state index contributed by atoms with van der Waals surface area (Å²) in [7, 11) is 1.62. The third-order valence-corrected chi connectivity index (χ3v) is 6.14. The molecule has 1 heterocycles. The van der Waals surface area contributed by atoms with Crippen LogP contribution >= 0.6 is 0 Å². The van der Waals surface area contributed by atoms with Gasteiger partial charge in [-0.05, 0) is 61.1 Å². The van der Waals surface area contributed by atoms with Crippen LogP contribution in [0.25, 0.3) is 6.08 Å². The monoisotopic (exact) mass is 478 g/mol. The van der Waals surface area contributed by atoms with Gasteiger partial charge in [-0.25, -0.2) is 0 Å². The second-order valence-electron chi connectivity index (χ2n) is 9.37. The minimum Gasteiger partial charge on any atom is -0.493 e. The van der Waals surface area contributed by atoms with Gasteiger partial charge in [0.1, 0.15) is 0 Å². The smallest absolute Gasteiger partial charge is 0.253 e. The van der Waals surface area contributed by atoms with E-state index in [9.17, 15) is 9.59 Å². The highest BCUT2D eigenvalue weighted by atomic mass is 16.5. The third kappa shape index (κ3) is 7.35. The molecule has 0 aliphatic carbocycles. The largest absolute Gasteiger partial charge is 0.493 e. The lowest BCUT2D eigenvalue weighted by Gasteiger charge is -2.38. The highest BCUT2D eigenvalue weighted by molar-refractivity contribution is 5.94. The van der Waals surface area contributed by atoms with Gasteiger partial charge in [0.15, 0.2) is 11.5 Å². The molecule has 2 amide bonds. The summed E-state index contributed by atoms with van der Waals surface area (Å²) in [6.45, 7) is 8.91. The highest BCUT2D eigenvalue weighted by Crippen LogP contribution is 2.29. The van der Waals surface area contributed by atoms with Gasteiger partial charge in [-0.15, -0.1) is 0 Å². The Morgan fingerprint density at radius 2 is 1.80 bits per heavy atom. The molecule has 0 N–H and O–H groups in total. The van der Waals surface area contributed by atoms with Crippen molar-refractivity contribution in [3.63, 3.8) is 0 Å². The van der Waals surface area contributed by atoms with Crippen molar-refractivity contribution >= 4 is 17.9 Å². The van der Waals surface area contributed by atoms with Crippen molar-refractivity contribution in [2.45, 2.75) is 46.1 Å². The summed E-state index contributed by atoms with van der Waals surface area (Å²) in [4.78, 5) is 29.8. The van der Waals surface area contributed by atoms with Crippen molar-refractivity contribution in [1.29, 1.82) is 0 Å². The molecule has 6 heteroatoms. The number of hydrogen-bond donors (Lipinski definition) is 0. The molecule has 6 nitrogen and oxygen atoms in total. The second-order valence-corrected chi connectivity index (χ2v) is 9.37. The molecule has 0 aromatic heterocycles. The van der Waals surface area contributed by atoms with Gasteiger partial charge in [-0.2, -0.15) is 0 Å². The summed E-state index contributed by atoms with van der Waals surface area (Å²) in [6, 6.07) is 15.2. The van der Waals surface area contributed by atoms with E-state index in [0.29, 0.717) is 49.2 Å². The van der Waals surface area contributed by atoms with Crippen LogP contribution in [-0.4, -0.2) is 61.0 Å². The maximum Gasteiger partial charge on any atom is 0.253 e. The number of piperidine rings is 1. The summed E-state index contributed by atoms with van der Waals surface area (Å²) in [6.07, 6.45) is 5.93. The molecule has 1 saturated heterocycles. The summed E-state index contributed by atoms with van der Waals surface area (Å²) in [5.41, 5.74) is 1.60. The molecule has 0 saturated carbocycles. The molecule has 188 valence electrons. The summed E-state index contributed by atoms with van der Waals surface area (Å²) < 4.78 is 11.3. The Balaban J connectivity index is 1.62. The average molecular weight is 479 g/mol. The fourth-order valence-corrected chi connectivity index (χ4v) is 4.28. The molecule has 1 aliphatic rings. The summed E-state index contributed by atoms with van der Waals surface area (Å²) in [5, 5.41) is 0. The number of likely N-dealkylation sites (tertiary alicyclic amines) is 1. The van der Waals surface area contributed by atoms with Gasteiger partial charge in [-0.1, -0.05) is 45.0 Å². The maximum atomic E-state index is 13.1. The fraction of sp³-hybridized carbons (Fsp3) is 0.448. The minimum atomic E-state index is -0.00112. The minimum absolute atomic E-state index is 0.00112. The lowest BCUT2D eigenvalue weighted by molar-refractivity contribution is -0.129. The quantitative estimate of drug-likeness (QED) is 0.436. The number of rotatable bonds is 10. The van der Waals surface area contributed by atoms with E-state index < -0.39 is 0 Å². The van der Waals surface area contributed by atoms with Gasteiger partial charge >= 0.3 is 0 Å². The molecular weight excluding hydrogens is 440 g/mol. The van der Waals surface area contributed by atoms with Crippen LogP contribution in [0, 0.1) is 5.92 Å². The van der Waals surface area contributed by atoms with E-state index in [4.69, 9.17) is 9.47 Å². The first-order valence-electron chi connectivity index (χ1n) is 12.6. The molecule has 3 rings (SSSR count). The maximum absolute atomic E-state index is 13.1. The zero-order chi connectivity index (χ0) is 25.2. The second kappa shape index (κ2) is 13.0. The molecule has 35 heavy (non-hydrogen) atoms. The molecule has 1 fully saturated rings. The fourth-order valence-electron chi connectivity index (χ4n) is 4.28. The summed E-state index contributed by atoms with van der Waals surface area (Å²) >= 11 is 0. The number of carbonyl (C=O) groups excluding carboxylic acids is 2. The van der Waals surface area contributed by atoms with Crippen LogP contribution in [0.15, 0.2) is 54.6 Å². The summed E-state index contributed by atoms with van der Waals surface area (Å²) in [5.74, 6) is 1.84. The molecule has 1 aliphatic heterocycles. The lowest BCUT2D eigenvalue weighted by Crippen LogP contribution is -2.48. The number of ether oxygens (including phenoxy) is 2. The molecule has 0 radical (unpaired) electrons. The number of carbonyl (C=O) groups is 2. The Hall–Kier alpha value is -3.28. The number of hydrogen-bond acceptors (Lipinski definition) is 4. The van der Waals surface area contributed by atoms with Crippen LogP contribution in [0.3, 0.4) is 0 Å². The van der Waals surface area contributed by atoms with Crippen LogP contribution in [0.4, 0.5) is 0 Å². The van der Waals surface area contributed by atoms with E-state index in [1.807, 2.05) is 64.4 Å². The van der Waals surface area contributed by atoms with E-state index in [1.54, 1.807) is 13.2 Å². The first kappa shape index (κ1) is 26.3. The molecule has 0 atom stereocenters. The highest BCUT2D eigenvalue weighted by Gasteiger charge is 2.28. The molecule has 2 aromatic rings. The van der Waals surface area contributed by atoms with Crippen molar-refractivity contribution < 1.29 is 19.1 Å². The molecule has 0 spiro atoms. The SMILES string of the molecule is CCCN(C(=O)/C=C/c1ccc(OCC(C)C)c(OC)c1)C1CCN(C(=O)c2ccccc2)CC1. The first-order valence-corrected chi connectivity index (χ1v) is 12.6. The Morgan fingerprint density at radius 1 is 1.09 bits per heavy atom. The zero-order valence-electron chi connectivity index (χ0n) is 21.4. The number of amides is 2. The predicted molar refractivity (Wildman–Crippen MR) is 140 cm³/mol. The van der Waals surface area contributed by atoms with Gasteiger partial charge in [-0.3, -0.25) is 9.59 Å². The Labute approximate surface area is 209 Å². The van der Waals surface area contributed by atoms with Crippen LogP contribution in [-0.2, 0) is 4.79 Å². The van der Waals surface area contributed by atoms with Gasteiger partial charge in [0, 0.05) is 37.3 Å². The molecule has 0 bridgehead atoms. The van der Waals surface area contributed by atoms with Gasteiger partial charge in [0.05, 0.1) is 13.7 Å². The van der Waals surface area contributed by atoms with Crippen LogP contribution in [0.5, 0.6) is 11.5 Å². The van der Waals surface area contributed by atoms with Gasteiger partial charge < -0.3 is 19.3 Å². The van der Waals surface area contributed by atoms with Crippen LogP contribution in [0.2, 0.25) is 0 Å². The standard InChI is InChI=1S/C29H38N2O4/c1-5-17-31(25-15-18-30(19-16-25)29(33)24-9-7-6-8-10-24)28(32)14-12-23-11-13-26(27(20-23)34-4)35-21-22(2)3/h6-14,20,22,25H,5,15-19,21H2,1-4H3/b14-12+. The Morgan fingerprint density at radius 3 is 2.43 bits per heavy atom. The average Bonchev–Trinajstić information content (AvgIpc) is 2.89. The van der Waals surface area contributed by atoms with E-state index >= 15 is 0 Å². The van der Waals surface area contributed by atoms with Crippen molar-refractivity contribution in [3.8, 4) is 11.5 Å². The van der Waals surface area contributed by atoms with Crippen molar-refractivity contribution in [2.24, 2.45) is 5.92 Å². The van der Waals surface area contributed by atoms with Crippen molar-refractivity contribution in [3.05, 3.63) is 65.7 Å². The first-order chi connectivity index (χ1) is 16.9. The number of methoxy groups -OCH3 is 1. The Kier molecular flexibility index (Phi) is 9.76. The lowest BCUT2D eigenvalue weighted by atomic mass is 10.0. The van der Waals surface area contributed by atoms with Crippen LogP contribution in [0.1, 0.15) is 56.0 Å². The predicted octanol–water partition coefficient (Wildman–Crippen LogP) is 5.29. The third-order valence-electron chi connectivity index (χ3n) is 6.14. The topological polar surface area (TPSA) is 59.1 Å². The van der Waals surface area contributed by atoms with Crippen LogP contribution < -0.4 is 9.47 Å². The molecular formula is C29H38N2O4. The van der Waals surface area contributed by atoms with Gasteiger partial charge in [0.25, 0.3) is 5.91 Å². The normalized spacial score (nSPS) is 14.4. The van der Waals surface area contributed by atoms with E-state index in [2.05, 4.69) is 20.8 Å². The molecule has 2 aromatic carbocycles. The zero-order valence-corrected chi connectivity index (χ0v) is 21.4. The van der Waals surface area contributed by atoms with Crippen molar-refractivity contribution in [1.82, 2.24) is 9.80 Å². The van der Waals surface area contributed by atoms with E-state index in [-0.39, 0.29) is 17.9 Å². The van der Waals surface area contributed by atoms with E-state index in [0.717, 1.165) is 24.8 Å². The van der Waals surface area contributed by atoms with E-state index in [1.165, 1.54) is 0 Å². The number of nitrogens with zero attached hydrogens (tertiary/aromatic N) is 2. The van der Waals surface area contributed by atoms with Crippen molar-refractivity contribution in [2.75, 3.05) is 33.4 Å². The molecule has 0 unspecified atom stereocenters. The number of benzene rings is 2.